The van der Waals surface area contributed by atoms with Gasteiger partial charge >= 0.3 is 0 Å². The number of pyridine rings is 1. The molecule has 0 aliphatic carbocycles. The lowest BCUT2D eigenvalue weighted by molar-refractivity contribution is -0.384. The van der Waals surface area contributed by atoms with Gasteiger partial charge in [0.1, 0.15) is 5.82 Å². The summed E-state index contributed by atoms with van der Waals surface area (Å²) >= 11 is 5.83. The normalized spacial score (nSPS) is 10.3. The third kappa shape index (κ3) is 3.24. The second-order valence-electron chi connectivity index (χ2n) is 4.26. The van der Waals surface area contributed by atoms with Gasteiger partial charge in [0.15, 0.2) is 5.69 Å². The van der Waals surface area contributed by atoms with E-state index in [2.05, 4.69) is 10.3 Å². The first-order valence-corrected chi connectivity index (χ1v) is 6.65. The van der Waals surface area contributed by atoms with E-state index in [9.17, 15) is 10.1 Å². The lowest BCUT2D eigenvalue weighted by atomic mass is 10.1. The Bertz CT molecular complexity index is 614. The van der Waals surface area contributed by atoms with Crippen LogP contribution in [0.1, 0.15) is 13.3 Å². The Labute approximate surface area is 121 Å². The fourth-order valence-corrected chi connectivity index (χ4v) is 1.90. The smallest absolute Gasteiger partial charge is 0.295 e. The van der Waals surface area contributed by atoms with Gasteiger partial charge in [-0.1, -0.05) is 30.7 Å². The third-order valence-corrected chi connectivity index (χ3v) is 3.00. The molecule has 2 aromatic rings. The highest BCUT2D eigenvalue weighted by Gasteiger charge is 2.17. The van der Waals surface area contributed by atoms with Crippen LogP contribution in [-0.4, -0.2) is 16.5 Å². The molecule has 0 aliphatic heterocycles. The maximum atomic E-state index is 11.1. The average molecular weight is 292 g/mol. The maximum absolute atomic E-state index is 11.1. The summed E-state index contributed by atoms with van der Waals surface area (Å²) in [6, 6.07) is 9.91. The van der Waals surface area contributed by atoms with Crippen LogP contribution < -0.4 is 5.32 Å². The highest BCUT2D eigenvalue weighted by molar-refractivity contribution is 6.30. The van der Waals surface area contributed by atoms with E-state index in [0.717, 1.165) is 13.0 Å². The predicted molar refractivity (Wildman–Crippen MR) is 80.1 cm³/mol. The van der Waals surface area contributed by atoms with E-state index in [1.54, 1.807) is 30.3 Å². The number of hydrogen-bond donors (Lipinski definition) is 1. The largest absolute Gasteiger partial charge is 0.370 e. The van der Waals surface area contributed by atoms with Crippen LogP contribution in [-0.2, 0) is 0 Å². The summed E-state index contributed by atoms with van der Waals surface area (Å²) in [5.41, 5.74) is 0.989. The molecule has 5 nitrogen and oxygen atoms in total. The standard InChI is InChI=1S/C14H14ClN3O2/c1-2-9-16-13-8-7-12(18(19)20)14(17-13)10-3-5-11(15)6-4-10/h3-8H,2,9H2,1H3,(H,16,17). The zero-order valence-electron chi connectivity index (χ0n) is 11.0. The number of hydrogen-bond acceptors (Lipinski definition) is 4. The molecule has 104 valence electrons. The fraction of sp³-hybridized carbons (Fsp3) is 0.214. The van der Waals surface area contributed by atoms with Crippen molar-refractivity contribution in [2.75, 3.05) is 11.9 Å². The van der Waals surface area contributed by atoms with Crippen LogP contribution >= 0.6 is 11.6 Å². The molecular formula is C14H14ClN3O2. The zero-order valence-corrected chi connectivity index (χ0v) is 11.7. The number of nitrogens with zero attached hydrogens (tertiary/aromatic N) is 2. The molecule has 1 heterocycles. The van der Waals surface area contributed by atoms with Crippen molar-refractivity contribution >= 4 is 23.1 Å². The highest BCUT2D eigenvalue weighted by Crippen LogP contribution is 2.30. The quantitative estimate of drug-likeness (QED) is 0.664. The first-order valence-electron chi connectivity index (χ1n) is 6.27. The molecule has 1 aromatic carbocycles. The van der Waals surface area contributed by atoms with Crippen LogP contribution in [0.25, 0.3) is 11.3 Å². The minimum Gasteiger partial charge on any atom is -0.370 e. The SMILES string of the molecule is CCCNc1ccc([N+](=O)[O-])c(-c2ccc(Cl)cc2)n1. The van der Waals surface area contributed by atoms with Crippen LogP contribution in [0.5, 0.6) is 0 Å². The maximum Gasteiger partial charge on any atom is 0.295 e. The molecule has 20 heavy (non-hydrogen) atoms. The molecule has 0 saturated heterocycles. The summed E-state index contributed by atoms with van der Waals surface area (Å²) in [4.78, 5) is 15.0. The van der Waals surface area contributed by atoms with Crippen LogP contribution in [0.3, 0.4) is 0 Å². The lowest BCUT2D eigenvalue weighted by Crippen LogP contribution is -2.04. The van der Waals surface area contributed by atoms with Crippen LogP contribution in [0.4, 0.5) is 11.5 Å². The van der Waals surface area contributed by atoms with Gasteiger partial charge in [-0.2, -0.15) is 0 Å². The van der Waals surface area contributed by atoms with Crippen molar-refractivity contribution in [3.8, 4) is 11.3 Å². The summed E-state index contributed by atoms with van der Waals surface area (Å²) in [5.74, 6) is 0.627. The van der Waals surface area contributed by atoms with Gasteiger partial charge in [-0.05, 0) is 24.6 Å². The van der Waals surface area contributed by atoms with Gasteiger partial charge in [0, 0.05) is 23.2 Å². The van der Waals surface area contributed by atoms with Crippen molar-refractivity contribution in [3.05, 3.63) is 51.5 Å². The molecule has 0 radical (unpaired) electrons. The van der Waals surface area contributed by atoms with E-state index in [1.807, 2.05) is 6.92 Å². The van der Waals surface area contributed by atoms with Crippen molar-refractivity contribution in [2.45, 2.75) is 13.3 Å². The fourth-order valence-electron chi connectivity index (χ4n) is 1.77. The van der Waals surface area contributed by atoms with Gasteiger partial charge in [0.25, 0.3) is 5.69 Å². The molecule has 6 heteroatoms. The number of nitro groups is 1. The van der Waals surface area contributed by atoms with E-state index in [4.69, 9.17) is 11.6 Å². The monoisotopic (exact) mass is 291 g/mol. The molecule has 0 bridgehead atoms. The lowest BCUT2D eigenvalue weighted by Gasteiger charge is -2.07. The molecule has 0 fully saturated rings. The van der Waals surface area contributed by atoms with Crippen molar-refractivity contribution in [3.63, 3.8) is 0 Å². The average Bonchev–Trinajstić information content (AvgIpc) is 2.45. The summed E-state index contributed by atoms with van der Waals surface area (Å²) in [7, 11) is 0. The highest BCUT2D eigenvalue weighted by atomic mass is 35.5. The van der Waals surface area contributed by atoms with Gasteiger partial charge in [-0.3, -0.25) is 10.1 Å². The molecule has 1 aromatic heterocycles. The van der Waals surface area contributed by atoms with Crippen molar-refractivity contribution in [2.24, 2.45) is 0 Å². The molecule has 1 N–H and O–H groups in total. The van der Waals surface area contributed by atoms with Crippen molar-refractivity contribution in [1.82, 2.24) is 4.98 Å². The number of benzene rings is 1. The number of anilines is 1. The van der Waals surface area contributed by atoms with E-state index in [1.165, 1.54) is 6.07 Å². The Hall–Kier alpha value is -2.14. The summed E-state index contributed by atoms with van der Waals surface area (Å²) in [6.45, 7) is 2.81. The van der Waals surface area contributed by atoms with Gasteiger partial charge in [0.2, 0.25) is 0 Å². The topological polar surface area (TPSA) is 68.1 Å². The van der Waals surface area contributed by atoms with Gasteiger partial charge in [0.05, 0.1) is 4.92 Å². The Morgan fingerprint density at radius 2 is 1.95 bits per heavy atom. The molecule has 0 amide bonds. The van der Waals surface area contributed by atoms with E-state index in [-0.39, 0.29) is 5.69 Å². The number of aromatic nitrogens is 1. The molecule has 0 unspecified atom stereocenters. The molecule has 0 spiro atoms. The summed E-state index contributed by atoms with van der Waals surface area (Å²) in [6.07, 6.45) is 0.953. The van der Waals surface area contributed by atoms with Gasteiger partial charge in [-0.15, -0.1) is 0 Å². The molecule has 2 rings (SSSR count). The van der Waals surface area contributed by atoms with Crippen LogP contribution in [0.15, 0.2) is 36.4 Å². The Morgan fingerprint density at radius 3 is 2.55 bits per heavy atom. The minimum atomic E-state index is -0.430. The van der Waals surface area contributed by atoms with E-state index in [0.29, 0.717) is 22.1 Å². The number of rotatable bonds is 5. The van der Waals surface area contributed by atoms with Gasteiger partial charge < -0.3 is 5.32 Å². The molecule has 0 saturated carbocycles. The second kappa shape index (κ2) is 6.34. The second-order valence-corrected chi connectivity index (χ2v) is 4.69. The predicted octanol–water partition coefficient (Wildman–Crippen LogP) is 4.13. The zero-order chi connectivity index (χ0) is 14.5. The summed E-state index contributed by atoms with van der Waals surface area (Å²) in [5, 5.41) is 14.8. The van der Waals surface area contributed by atoms with Gasteiger partial charge in [-0.25, -0.2) is 4.98 Å². The van der Waals surface area contributed by atoms with Crippen molar-refractivity contribution in [1.29, 1.82) is 0 Å². The number of nitrogens with one attached hydrogen (secondary N) is 1. The molecule has 0 atom stereocenters. The minimum absolute atomic E-state index is 0.0191. The van der Waals surface area contributed by atoms with E-state index < -0.39 is 4.92 Å². The van der Waals surface area contributed by atoms with Crippen LogP contribution in [0, 0.1) is 10.1 Å². The first-order chi connectivity index (χ1) is 9.61. The summed E-state index contributed by atoms with van der Waals surface area (Å²) < 4.78 is 0. The van der Waals surface area contributed by atoms with E-state index >= 15 is 0 Å². The molecule has 0 aliphatic rings. The van der Waals surface area contributed by atoms with Crippen LogP contribution in [0.2, 0.25) is 5.02 Å². The number of halogens is 1. The Morgan fingerprint density at radius 1 is 1.25 bits per heavy atom. The van der Waals surface area contributed by atoms with Crippen molar-refractivity contribution < 1.29 is 4.92 Å². The molecular weight excluding hydrogens is 278 g/mol. The Balaban J connectivity index is 2.46. The Kier molecular flexibility index (Phi) is 4.53. The first kappa shape index (κ1) is 14.3. The third-order valence-electron chi connectivity index (χ3n) is 2.74.